The van der Waals surface area contributed by atoms with Gasteiger partial charge in [0, 0.05) is 41.5 Å². The highest BCUT2D eigenvalue weighted by molar-refractivity contribution is 7.99. The van der Waals surface area contributed by atoms with Gasteiger partial charge in [0.1, 0.15) is 6.04 Å². The molecule has 0 aliphatic rings. The number of likely N-dealkylation sites (N-methyl/N-ethyl adjacent to an activating group) is 1. The lowest BCUT2D eigenvalue weighted by atomic mass is 10.1. The van der Waals surface area contributed by atoms with Crippen LogP contribution in [-0.2, 0) is 21.9 Å². The van der Waals surface area contributed by atoms with E-state index in [9.17, 15) is 19.7 Å². The van der Waals surface area contributed by atoms with Crippen molar-refractivity contribution in [1.29, 1.82) is 0 Å². The van der Waals surface area contributed by atoms with E-state index in [1.54, 1.807) is 30.3 Å². The first-order chi connectivity index (χ1) is 14.8. The second-order valence-corrected chi connectivity index (χ2v) is 8.54. The quantitative estimate of drug-likeness (QED) is 0.390. The van der Waals surface area contributed by atoms with Crippen molar-refractivity contribution in [3.63, 3.8) is 0 Å². The number of hydrogen-bond acceptors (Lipinski definition) is 5. The Kier molecular flexibility index (Phi) is 9.61. The van der Waals surface area contributed by atoms with E-state index in [1.807, 2.05) is 6.92 Å². The van der Waals surface area contributed by atoms with Crippen molar-refractivity contribution in [3.8, 4) is 0 Å². The van der Waals surface area contributed by atoms with E-state index in [-0.39, 0.29) is 29.8 Å². The van der Waals surface area contributed by atoms with Crippen LogP contribution in [-0.4, -0.2) is 40.5 Å². The molecule has 0 heterocycles. The number of carbonyl (C=O) groups is 2. The molecule has 0 fully saturated rings. The molecule has 31 heavy (non-hydrogen) atoms. The highest BCUT2D eigenvalue weighted by Gasteiger charge is 2.28. The number of thioether (sulfide) groups is 1. The topological polar surface area (TPSA) is 92.6 Å². The fourth-order valence-electron chi connectivity index (χ4n) is 2.97. The van der Waals surface area contributed by atoms with Crippen LogP contribution >= 0.6 is 35.0 Å². The minimum Gasteiger partial charge on any atom is -0.357 e. The average Bonchev–Trinajstić information content (AvgIpc) is 2.75. The summed E-state index contributed by atoms with van der Waals surface area (Å²) in [5.74, 6) is 0.209. The highest BCUT2D eigenvalue weighted by atomic mass is 35.5. The van der Waals surface area contributed by atoms with Crippen molar-refractivity contribution in [2.45, 2.75) is 31.7 Å². The first-order valence-electron chi connectivity index (χ1n) is 9.52. The number of rotatable bonds is 10. The van der Waals surface area contributed by atoms with Gasteiger partial charge < -0.3 is 10.2 Å². The molecule has 0 aliphatic carbocycles. The lowest BCUT2D eigenvalue weighted by Gasteiger charge is -2.30. The molecule has 166 valence electrons. The van der Waals surface area contributed by atoms with E-state index in [0.717, 1.165) is 5.56 Å². The van der Waals surface area contributed by atoms with Crippen LogP contribution in [0.5, 0.6) is 0 Å². The molecule has 0 aromatic heterocycles. The minimum absolute atomic E-state index is 0.0206. The molecule has 0 aliphatic heterocycles. The molecule has 0 spiro atoms. The predicted molar refractivity (Wildman–Crippen MR) is 124 cm³/mol. The third-order valence-electron chi connectivity index (χ3n) is 4.63. The smallest absolute Gasteiger partial charge is 0.269 e. The maximum absolute atomic E-state index is 13.0. The van der Waals surface area contributed by atoms with Crippen LogP contribution in [0.3, 0.4) is 0 Å². The Bertz CT molecular complexity index is 941. The van der Waals surface area contributed by atoms with Gasteiger partial charge in [0.2, 0.25) is 11.8 Å². The van der Waals surface area contributed by atoms with Gasteiger partial charge in [0.25, 0.3) is 5.69 Å². The average molecular weight is 484 g/mol. The lowest BCUT2D eigenvalue weighted by Crippen LogP contribution is -2.48. The number of hydrogen-bond donors (Lipinski definition) is 1. The van der Waals surface area contributed by atoms with Crippen LogP contribution in [0.15, 0.2) is 42.5 Å². The van der Waals surface area contributed by atoms with E-state index in [4.69, 9.17) is 23.2 Å². The summed E-state index contributed by atoms with van der Waals surface area (Å²) >= 11 is 13.6. The third kappa shape index (κ3) is 7.12. The number of nitrogens with one attached hydrogen (secondary N) is 1. The SMILES string of the molecule is CC[C@@H](C(=O)NC)N(Cc1ccc(Cl)cc1Cl)C(=O)CSCc1ccc([N+](=O)[O-])cc1. The summed E-state index contributed by atoms with van der Waals surface area (Å²) < 4.78 is 0. The Morgan fingerprint density at radius 3 is 2.42 bits per heavy atom. The fraction of sp³-hybridized carbons (Fsp3) is 0.333. The van der Waals surface area contributed by atoms with Crippen molar-refractivity contribution in [1.82, 2.24) is 10.2 Å². The van der Waals surface area contributed by atoms with Crippen molar-refractivity contribution in [3.05, 3.63) is 73.8 Å². The molecule has 2 amide bonds. The molecule has 0 saturated heterocycles. The molecule has 1 atom stereocenters. The number of benzene rings is 2. The lowest BCUT2D eigenvalue weighted by molar-refractivity contribution is -0.384. The van der Waals surface area contributed by atoms with E-state index in [2.05, 4.69) is 5.32 Å². The zero-order valence-corrected chi connectivity index (χ0v) is 19.5. The predicted octanol–water partition coefficient (Wildman–Crippen LogP) is 4.69. The number of carbonyl (C=O) groups excluding carboxylic acids is 2. The van der Waals surface area contributed by atoms with Gasteiger partial charge in [-0.2, -0.15) is 0 Å². The van der Waals surface area contributed by atoms with Gasteiger partial charge in [-0.3, -0.25) is 19.7 Å². The second-order valence-electron chi connectivity index (χ2n) is 6.71. The summed E-state index contributed by atoms with van der Waals surface area (Å²) in [4.78, 5) is 37.3. The molecule has 10 heteroatoms. The van der Waals surface area contributed by atoms with Gasteiger partial charge in [0.15, 0.2) is 0 Å². The van der Waals surface area contributed by atoms with Crippen LogP contribution in [0.2, 0.25) is 10.0 Å². The Balaban J connectivity index is 2.11. The number of nitrogens with zero attached hydrogens (tertiary/aromatic N) is 2. The number of amides is 2. The maximum atomic E-state index is 13.0. The first-order valence-corrected chi connectivity index (χ1v) is 11.4. The normalized spacial score (nSPS) is 11.6. The molecule has 2 aromatic carbocycles. The van der Waals surface area contributed by atoms with Crippen LogP contribution < -0.4 is 5.32 Å². The van der Waals surface area contributed by atoms with Crippen molar-refractivity contribution in [2.24, 2.45) is 0 Å². The second kappa shape index (κ2) is 11.9. The molecule has 0 bridgehead atoms. The number of nitro benzene ring substituents is 1. The van der Waals surface area contributed by atoms with E-state index in [0.29, 0.717) is 27.8 Å². The van der Waals surface area contributed by atoms with Gasteiger partial charge in [-0.1, -0.05) is 48.3 Å². The van der Waals surface area contributed by atoms with Gasteiger partial charge in [0.05, 0.1) is 10.7 Å². The zero-order valence-electron chi connectivity index (χ0n) is 17.1. The molecular weight excluding hydrogens is 461 g/mol. The zero-order chi connectivity index (χ0) is 23.0. The molecular formula is C21H23Cl2N3O4S. The highest BCUT2D eigenvalue weighted by Crippen LogP contribution is 2.24. The van der Waals surface area contributed by atoms with Gasteiger partial charge in [-0.15, -0.1) is 11.8 Å². The Morgan fingerprint density at radius 1 is 1.19 bits per heavy atom. The van der Waals surface area contributed by atoms with Crippen LogP contribution in [0.4, 0.5) is 5.69 Å². The van der Waals surface area contributed by atoms with E-state index >= 15 is 0 Å². The molecule has 0 radical (unpaired) electrons. The van der Waals surface area contributed by atoms with Gasteiger partial charge in [-0.05, 0) is 29.7 Å². The summed E-state index contributed by atoms with van der Waals surface area (Å²) in [5, 5.41) is 14.3. The molecule has 0 saturated carbocycles. The summed E-state index contributed by atoms with van der Waals surface area (Å²) in [6.45, 7) is 2.02. The Hall–Kier alpha value is -2.29. The first kappa shape index (κ1) is 25.0. The maximum Gasteiger partial charge on any atom is 0.269 e. The monoisotopic (exact) mass is 483 g/mol. The van der Waals surface area contributed by atoms with E-state index in [1.165, 1.54) is 35.8 Å². The standard InChI is InChI=1S/C21H23Cl2N3O4S/c1-3-19(21(28)24-2)25(11-15-6-7-16(22)10-18(15)23)20(27)13-31-12-14-4-8-17(9-5-14)26(29)30/h4-10,19H,3,11-13H2,1-2H3,(H,24,28)/t19-/m0/s1. The minimum atomic E-state index is -0.635. The summed E-state index contributed by atoms with van der Waals surface area (Å²) in [6, 6.07) is 10.6. The number of non-ortho nitro benzene ring substituents is 1. The fourth-order valence-corrected chi connectivity index (χ4v) is 4.31. The van der Waals surface area contributed by atoms with E-state index < -0.39 is 11.0 Å². The van der Waals surface area contributed by atoms with Crippen LogP contribution in [0, 0.1) is 10.1 Å². The van der Waals surface area contributed by atoms with Crippen molar-refractivity contribution < 1.29 is 14.5 Å². The largest absolute Gasteiger partial charge is 0.357 e. The van der Waals surface area contributed by atoms with Gasteiger partial charge >= 0.3 is 0 Å². The van der Waals surface area contributed by atoms with Crippen molar-refractivity contribution >= 4 is 52.5 Å². The Morgan fingerprint density at radius 2 is 1.87 bits per heavy atom. The Labute approximate surface area is 195 Å². The molecule has 0 unspecified atom stereocenters. The molecule has 1 N–H and O–H groups in total. The van der Waals surface area contributed by atoms with Crippen LogP contribution in [0.1, 0.15) is 24.5 Å². The molecule has 7 nitrogen and oxygen atoms in total. The number of halogens is 2. The van der Waals surface area contributed by atoms with Crippen molar-refractivity contribution in [2.75, 3.05) is 12.8 Å². The number of nitro groups is 1. The molecule has 2 aromatic rings. The summed E-state index contributed by atoms with van der Waals surface area (Å²) in [5.41, 5.74) is 1.59. The summed E-state index contributed by atoms with van der Waals surface area (Å²) in [7, 11) is 1.53. The third-order valence-corrected chi connectivity index (χ3v) is 6.21. The summed E-state index contributed by atoms with van der Waals surface area (Å²) in [6.07, 6.45) is 0.448. The molecule has 2 rings (SSSR count). The van der Waals surface area contributed by atoms with Gasteiger partial charge in [-0.25, -0.2) is 0 Å². The van der Waals surface area contributed by atoms with Crippen LogP contribution in [0.25, 0.3) is 0 Å².